The van der Waals surface area contributed by atoms with Gasteiger partial charge < -0.3 is 4.74 Å². The van der Waals surface area contributed by atoms with Crippen LogP contribution in [0, 0.1) is 6.92 Å². The molecule has 0 aliphatic heterocycles. The summed E-state index contributed by atoms with van der Waals surface area (Å²) in [6, 6.07) is 12.1. The molecule has 1 aromatic heterocycles. The van der Waals surface area contributed by atoms with Gasteiger partial charge in [0.2, 0.25) is 0 Å². The molecule has 0 bridgehead atoms. The summed E-state index contributed by atoms with van der Waals surface area (Å²) in [6.07, 6.45) is 1.60. The van der Waals surface area contributed by atoms with Gasteiger partial charge in [-0.05, 0) is 48.9 Å². The Kier molecular flexibility index (Phi) is 3.40. The molecule has 0 fully saturated rings. The van der Waals surface area contributed by atoms with E-state index < -0.39 is 0 Å². The fourth-order valence-corrected chi connectivity index (χ4v) is 2.65. The summed E-state index contributed by atoms with van der Waals surface area (Å²) < 4.78 is 6.32. The summed E-state index contributed by atoms with van der Waals surface area (Å²) in [5, 5.41) is 1.03. The van der Waals surface area contributed by atoms with Crippen LogP contribution < -0.4 is 4.74 Å². The van der Waals surface area contributed by atoms with Gasteiger partial charge in [0.1, 0.15) is 12.1 Å². The van der Waals surface area contributed by atoms with Crippen LogP contribution in [0.4, 0.5) is 0 Å². The van der Waals surface area contributed by atoms with Crippen LogP contribution in [-0.2, 0) is 0 Å². The van der Waals surface area contributed by atoms with Gasteiger partial charge in [-0.1, -0.05) is 15.9 Å². The van der Waals surface area contributed by atoms with Gasteiger partial charge >= 0.3 is 0 Å². The predicted molar refractivity (Wildman–Crippen MR) is 84.0 cm³/mol. The minimum Gasteiger partial charge on any atom is -0.496 e. The summed E-state index contributed by atoms with van der Waals surface area (Å²) in [5.74, 6) is 0.883. The maximum absolute atomic E-state index is 5.30. The van der Waals surface area contributed by atoms with E-state index in [2.05, 4.69) is 32.0 Å². The van der Waals surface area contributed by atoms with Crippen LogP contribution in [0.3, 0.4) is 0 Å². The van der Waals surface area contributed by atoms with Gasteiger partial charge in [0, 0.05) is 15.4 Å². The van der Waals surface area contributed by atoms with Crippen LogP contribution in [0.5, 0.6) is 5.75 Å². The summed E-state index contributed by atoms with van der Waals surface area (Å²) in [7, 11) is 1.68. The van der Waals surface area contributed by atoms with E-state index in [-0.39, 0.29) is 0 Å². The molecule has 20 heavy (non-hydrogen) atoms. The molecule has 3 nitrogen and oxygen atoms in total. The Balaban J connectivity index is 2.24. The van der Waals surface area contributed by atoms with Crippen LogP contribution in [-0.4, -0.2) is 17.1 Å². The van der Waals surface area contributed by atoms with E-state index in [9.17, 15) is 0 Å². The molecule has 0 amide bonds. The van der Waals surface area contributed by atoms with Crippen molar-refractivity contribution >= 4 is 26.8 Å². The Morgan fingerprint density at radius 2 is 1.90 bits per heavy atom. The molecule has 3 rings (SSSR count). The first kappa shape index (κ1) is 13.1. The molecular formula is C16H13BrN2O. The predicted octanol–water partition coefficient (Wildman–Crippen LogP) is 4.38. The standard InChI is InChI=1S/C16H13BrN2O/c1-10-7-11(3-6-15(10)20-2)16-13-8-12(17)4-5-14(13)18-9-19-16/h3-9H,1-2H3. The van der Waals surface area contributed by atoms with Crippen molar-refractivity contribution in [3.63, 3.8) is 0 Å². The van der Waals surface area contributed by atoms with Crippen LogP contribution in [0.15, 0.2) is 47.2 Å². The Morgan fingerprint density at radius 3 is 2.65 bits per heavy atom. The quantitative estimate of drug-likeness (QED) is 0.700. The molecule has 1 heterocycles. The lowest BCUT2D eigenvalue weighted by molar-refractivity contribution is 0.412. The zero-order valence-corrected chi connectivity index (χ0v) is 12.8. The first-order chi connectivity index (χ1) is 9.69. The fourth-order valence-electron chi connectivity index (χ4n) is 2.28. The number of rotatable bonds is 2. The lowest BCUT2D eigenvalue weighted by Gasteiger charge is -2.09. The normalized spacial score (nSPS) is 10.8. The van der Waals surface area contributed by atoms with Gasteiger partial charge in [0.05, 0.1) is 18.3 Å². The summed E-state index contributed by atoms with van der Waals surface area (Å²) in [5.41, 5.74) is 4.02. The van der Waals surface area contributed by atoms with Crippen LogP contribution >= 0.6 is 15.9 Å². The second-order valence-corrected chi connectivity index (χ2v) is 5.48. The average molecular weight is 329 g/mol. The molecule has 0 atom stereocenters. The van der Waals surface area contributed by atoms with Crippen molar-refractivity contribution < 1.29 is 4.74 Å². The number of nitrogens with zero attached hydrogens (tertiary/aromatic N) is 2. The smallest absolute Gasteiger partial charge is 0.121 e. The number of benzene rings is 2. The molecular weight excluding hydrogens is 316 g/mol. The van der Waals surface area contributed by atoms with Crippen molar-refractivity contribution in [3.8, 4) is 17.0 Å². The minimum atomic E-state index is 0.883. The van der Waals surface area contributed by atoms with Crippen molar-refractivity contribution in [1.29, 1.82) is 0 Å². The highest BCUT2D eigenvalue weighted by Crippen LogP contribution is 2.30. The summed E-state index contributed by atoms with van der Waals surface area (Å²) in [6.45, 7) is 2.03. The van der Waals surface area contributed by atoms with Crippen molar-refractivity contribution in [2.45, 2.75) is 6.92 Å². The molecule has 3 aromatic rings. The Hall–Kier alpha value is -1.94. The molecule has 2 aromatic carbocycles. The van der Waals surface area contributed by atoms with E-state index in [0.29, 0.717) is 0 Å². The molecule has 0 spiro atoms. The number of fused-ring (bicyclic) bond motifs is 1. The number of hydrogen-bond acceptors (Lipinski definition) is 3. The lowest BCUT2D eigenvalue weighted by Crippen LogP contribution is -1.91. The summed E-state index contributed by atoms with van der Waals surface area (Å²) in [4.78, 5) is 8.75. The van der Waals surface area contributed by atoms with Gasteiger partial charge in [0.25, 0.3) is 0 Å². The van der Waals surface area contributed by atoms with Gasteiger partial charge in [0.15, 0.2) is 0 Å². The Morgan fingerprint density at radius 1 is 1.05 bits per heavy atom. The highest BCUT2D eigenvalue weighted by molar-refractivity contribution is 9.10. The SMILES string of the molecule is COc1ccc(-c2ncnc3ccc(Br)cc23)cc1C. The molecule has 4 heteroatoms. The molecule has 0 N–H and O–H groups in total. The van der Waals surface area contributed by atoms with Crippen molar-refractivity contribution in [1.82, 2.24) is 9.97 Å². The molecule has 100 valence electrons. The first-order valence-corrected chi connectivity index (χ1v) is 7.03. The number of aromatic nitrogens is 2. The van der Waals surface area contributed by atoms with Crippen LogP contribution in [0.25, 0.3) is 22.2 Å². The zero-order valence-electron chi connectivity index (χ0n) is 11.2. The average Bonchev–Trinajstić information content (AvgIpc) is 2.46. The topological polar surface area (TPSA) is 35.0 Å². The van der Waals surface area contributed by atoms with Gasteiger partial charge in [-0.3, -0.25) is 0 Å². The molecule has 0 saturated heterocycles. The monoisotopic (exact) mass is 328 g/mol. The maximum atomic E-state index is 5.30. The number of hydrogen-bond donors (Lipinski definition) is 0. The zero-order chi connectivity index (χ0) is 14.1. The van der Waals surface area contributed by atoms with E-state index in [1.54, 1.807) is 13.4 Å². The second kappa shape index (κ2) is 5.21. The first-order valence-electron chi connectivity index (χ1n) is 6.24. The van der Waals surface area contributed by atoms with E-state index in [1.165, 1.54) is 0 Å². The minimum absolute atomic E-state index is 0.883. The molecule has 0 aliphatic rings. The van der Waals surface area contributed by atoms with Crippen molar-refractivity contribution in [3.05, 3.63) is 52.8 Å². The molecule has 0 unspecified atom stereocenters. The second-order valence-electron chi connectivity index (χ2n) is 4.57. The largest absolute Gasteiger partial charge is 0.496 e. The van der Waals surface area contributed by atoms with Crippen molar-refractivity contribution in [2.24, 2.45) is 0 Å². The van der Waals surface area contributed by atoms with Crippen molar-refractivity contribution in [2.75, 3.05) is 7.11 Å². The third-order valence-electron chi connectivity index (χ3n) is 3.27. The molecule has 0 radical (unpaired) electrons. The Labute approximate surface area is 125 Å². The molecule has 0 aliphatic carbocycles. The molecule has 0 saturated carbocycles. The number of halogens is 1. The number of aryl methyl sites for hydroxylation is 1. The van der Waals surface area contributed by atoms with E-state index in [0.717, 1.165) is 37.9 Å². The highest BCUT2D eigenvalue weighted by atomic mass is 79.9. The fraction of sp³-hybridized carbons (Fsp3) is 0.125. The van der Waals surface area contributed by atoms with Gasteiger partial charge in [-0.2, -0.15) is 0 Å². The van der Waals surface area contributed by atoms with Gasteiger partial charge in [-0.25, -0.2) is 9.97 Å². The van der Waals surface area contributed by atoms with Crippen LogP contribution in [0.1, 0.15) is 5.56 Å². The van der Waals surface area contributed by atoms with Gasteiger partial charge in [-0.15, -0.1) is 0 Å². The third kappa shape index (κ3) is 2.27. The third-order valence-corrected chi connectivity index (χ3v) is 3.76. The number of methoxy groups -OCH3 is 1. The van der Waals surface area contributed by atoms with E-state index in [1.807, 2.05) is 37.3 Å². The summed E-state index contributed by atoms with van der Waals surface area (Å²) >= 11 is 3.50. The lowest BCUT2D eigenvalue weighted by atomic mass is 10.0. The van der Waals surface area contributed by atoms with E-state index >= 15 is 0 Å². The van der Waals surface area contributed by atoms with E-state index in [4.69, 9.17) is 4.74 Å². The number of ether oxygens (including phenoxy) is 1. The Bertz CT molecular complexity index is 787. The van der Waals surface area contributed by atoms with Crippen LogP contribution in [0.2, 0.25) is 0 Å². The maximum Gasteiger partial charge on any atom is 0.121 e. The highest BCUT2D eigenvalue weighted by Gasteiger charge is 2.08.